The summed E-state index contributed by atoms with van der Waals surface area (Å²) in [6, 6.07) is 21.5. The van der Waals surface area contributed by atoms with Crippen molar-refractivity contribution in [3.63, 3.8) is 0 Å². The predicted molar refractivity (Wildman–Crippen MR) is 152 cm³/mol. The molecule has 5 N–H and O–H groups in total. The van der Waals surface area contributed by atoms with Crippen LogP contribution in [0, 0.1) is 0 Å². The van der Waals surface area contributed by atoms with Crippen molar-refractivity contribution in [1.82, 2.24) is 15.3 Å². The summed E-state index contributed by atoms with van der Waals surface area (Å²) in [6.45, 7) is 1.75. The van der Waals surface area contributed by atoms with Crippen LogP contribution in [0.3, 0.4) is 0 Å². The van der Waals surface area contributed by atoms with Crippen LogP contribution in [0.1, 0.15) is 12.5 Å². The van der Waals surface area contributed by atoms with E-state index in [1.807, 2.05) is 48.5 Å². The number of carbonyl (C=O) groups excluding carboxylic acids is 2. The van der Waals surface area contributed by atoms with Crippen LogP contribution < -0.4 is 26.7 Å². The first kappa shape index (κ1) is 26.4. The molecule has 0 saturated heterocycles. The maximum Gasteiger partial charge on any atom is 0.319 e. The van der Waals surface area contributed by atoms with Gasteiger partial charge in [-0.15, -0.1) is 0 Å². The van der Waals surface area contributed by atoms with E-state index in [1.165, 1.54) is 13.0 Å². The second kappa shape index (κ2) is 12.0. The number of pyridine rings is 2. The van der Waals surface area contributed by atoms with Gasteiger partial charge in [0.2, 0.25) is 11.4 Å². The van der Waals surface area contributed by atoms with Crippen molar-refractivity contribution >= 4 is 60.9 Å². The molecule has 2 aromatic heterocycles. The Morgan fingerprint density at radius 1 is 1.00 bits per heavy atom. The number of urea groups is 1. The van der Waals surface area contributed by atoms with Crippen LogP contribution in [0.4, 0.5) is 16.2 Å². The third-order valence-corrected chi connectivity index (χ3v) is 5.95. The van der Waals surface area contributed by atoms with Crippen molar-refractivity contribution in [3.8, 4) is 5.88 Å². The van der Waals surface area contributed by atoms with Crippen molar-refractivity contribution < 1.29 is 14.3 Å². The molecule has 5 aromatic rings. The molecule has 0 atom stereocenters. The van der Waals surface area contributed by atoms with Gasteiger partial charge < -0.3 is 26.1 Å². The first-order valence-electron chi connectivity index (χ1n) is 11.5. The molecule has 0 radical (unpaired) electrons. The number of H-pyrrole nitrogens is 1. The second-order valence-electron chi connectivity index (χ2n) is 8.22. The van der Waals surface area contributed by atoms with Gasteiger partial charge in [-0.05, 0) is 29.8 Å². The summed E-state index contributed by atoms with van der Waals surface area (Å²) < 4.78 is 5.86. The Morgan fingerprint density at radius 3 is 2.50 bits per heavy atom. The Bertz CT molecular complexity index is 1670. The summed E-state index contributed by atoms with van der Waals surface area (Å²) in [7, 11) is 0. The van der Waals surface area contributed by atoms with Gasteiger partial charge in [0.15, 0.2) is 0 Å². The molecule has 0 aliphatic rings. The fourth-order valence-electron chi connectivity index (χ4n) is 3.63. The van der Waals surface area contributed by atoms with Crippen molar-refractivity contribution in [1.29, 1.82) is 0 Å². The highest BCUT2D eigenvalue weighted by Crippen LogP contribution is 2.23. The highest BCUT2D eigenvalue weighted by Gasteiger charge is 2.06. The van der Waals surface area contributed by atoms with E-state index in [1.54, 1.807) is 30.6 Å². The number of amides is 2. The van der Waals surface area contributed by atoms with E-state index < -0.39 is 5.97 Å². The molecular formula is C28H24BrN5O4. The van der Waals surface area contributed by atoms with Crippen molar-refractivity contribution in [2.45, 2.75) is 13.5 Å². The van der Waals surface area contributed by atoms with Gasteiger partial charge in [-0.3, -0.25) is 9.59 Å². The number of halogens is 1. The normalized spacial score (nSPS) is 10.4. The topological polar surface area (TPSA) is 139 Å². The molecule has 0 fully saturated rings. The highest BCUT2D eigenvalue weighted by molar-refractivity contribution is 9.10. The minimum absolute atomic E-state index is 0.206. The van der Waals surface area contributed by atoms with Crippen molar-refractivity contribution in [2.24, 2.45) is 0 Å². The van der Waals surface area contributed by atoms with Crippen molar-refractivity contribution in [2.75, 3.05) is 11.1 Å². The average molecular weight is 574 g/mol. The lowest BCUT2D eigenvalue weighted by molar-refractivity contribution is -0.132. The zero-order valence-corrected chi connectivity index (χ0v) is 21.9. The van der Waals surface area contributed by atoms with Crippen LogP contribution in [0.25, 0.3) is 21.5 Å². The second-order valence-corrected chi connectivity index (χ2v) is 9.14. The standard InChI is InChI=1S/C17H14BrN3O2.C11H10N2O2/c18-13-6-4-11(5-7-13)9-20-17(23)21-15-3-1-2-12-10-19-16(22)8-14(12)15;1-7(14)15-11-5-9-8(6-13-11)3-2-4-10(9)12/h1-8,10H,9H2,(H,19,22)(H2,20,21,23);2-6H,12H2,1H3. The number of ether oxygens (including phenoxy) is 1. The lowest BCUT2D eigenvalue weighted by Crippen LogP contribution is -2.28. The van der Waals surface area contributed by atoms with Gasteiger partial charge in [0.1, 0.15) is 0 Å². The van der Waals surface area contributed by atoms with Crippen LogP contribution in [-0.4, -0.2) is 22.0 Å². The van der Waals surface area contributed by atoms with Crippen molar-refractivity contribution in [3.05, 3.63) is 106 Å². The van der Waals surface area contributed by atoms with E-state index in [0.29, 0.717) is 23.3 Å². The van der Waals surface area contributed by atoms with E-state index in [9.17, 15) is 14.4 Å². The first-order chi connectivity index (χ1) is 18.3. The molecule has 0 spiro atoms. The zero-order valence-electron chi connectivity index (χ0n) is 20.3. The molecule has 0 aliphatic heterocycles. The molecule has 0 unspecified atom stereocenters. The summed E-state index contributed by atoms with van der Waals surface area (Å²) >= 11 is 3.37. The Balaban J connectivity index is 0.000000194. The van der Waals surface area contributed by atoms with Crippen LogP contribution in [0.2, 0.25) is 0 Å². The largest absolute Gasteiger partial charge is 0.408 e. The Hall–Kier alpha value is -4.70. The number of hydrogen-bond acceptors (Lipinski definition) is 6. The smallest absolute Gasteiger partial charge is 0.319 e. The molecule has 10 heteroatoms. The van der Waals surface area contributed by atoms with Crippen LogP contribution in [-0.2, 0) is 11.3 Å². The van der Waals surface area contributed by atoms with Gasteiger partial charge in [0, 0.05) is 69.7 Å². The van der Waals surface area contributed by atoms with E-state index in [2.05, 4.69) is 36.5 Å². The van der Waals surface area contributed by atoms with Crippen LogP contribution >= 0.6 is 15.9 Å². The number of rotatable bonds is 4. The number of nitrogens with two attached hydrogens (primary N) is 1. The number of anilines is 2. The van der Waals surface area contributed by atoms with Gasteiger partial charge in [0.05, 0.1) is 5.69 Å². The maximum atomic E-state index is 12.1. The number of carbonyl (C=O) groups is 2. The molecule has 0 bridgehead atoms. The number of aromatic amines is 1. The van der Waals surface area contributed by atoms with E-state index in [-0.39, 0.29) is 17.5 Å². The number of nitrogen functional groups attached to an aromatic ring is 1. The fourth-order valence-corrected chi connectivity index (χ4v) is 3.89. The molecule has 3 aromatic carbocycles. The van der Waals surface area contributed by atoms with Crippen LogP contribution in [0.5, 0.6) is 5.88 Å². The summed E-state index contributed by atoms with van der Waals surface area (Å²) in [5.74, 6) is -0.121. The molecule has 5 rings (SSSR count). The zero-order chi connectivity index (χ0) is 27.1. The maximum absolute atomic E-state index is 12.1. The van der Waals surface area contributed by atoms with Gasteiger partial charge in [-0.25, -0.2) is 9.78 Å². The number of aromatic nitrogens is 2. The van der Waals surface area contributed by atoms with Gasteiger partial charge in [-0.1, -0.05) is 52.3 Å². The summed E-state index contributed by atoms with van der Waals surface area (Å²) in [5.41, 5.74) is 7.82. The van der Waals surface area contributed by atoms with Gasteiger partial charge >= 0.3 is 12.0 Å². The molecule has 38 heavy (non-hydrogen) atoms. The van der Waals surface area contributed by atoms with Crippen LogP contribution in [0.15, 0.2) is 94.5 Å². The number of nitrogens with one attached hydrogen (secondary N) is 3. The molecule has 2 amide bonds. The Labute approximate surface area is 226 Å². The first-order valence-corrected chi connectivity index (χ1v) is 12.3. The Kier molecular flexibility index (Phi) is 8.34. The SMILES string of the molecule is CC(=O)Oc1cc2c(N)cccc2cn1.O=C(NCc1ccc(Br)cc1)Nc1cccc2c[nH]c(=O)cc12. The molecule has 9 nitrogen and oxygen atoms in total. The predicted octanol–water partition coefficient (Wildman–Crippen LogP) is 5.35. The number of hydrogen-bond donors (Lipinski definition) is 4. The van der Waals surface area contributed by atoms with Gasteiger partial charge in [-0.2, -0.15) is 0 Å². The number of nitrogens with zero attached hydrogens (tertiary/aromatic N) is 1. The fraction of sp³-hybridized carbons (Fsp3) is 0.0714. The third-order valence-electron chi connectivity index (χ3n) is 5.42. The van der Waals surface area contributed by atoms with E-state index in [4.69, 9.17) is 10.5 Å². The average Bonchev–Trinajstić information content (AvgIpc) is 2.89. The summed E-state index contributed by atoms with van der Waals surface area (Å²) in [5, 5.41) is 8.90. The van der Waals surface area contributed by atoms with E-state index in [0.717, 1.165) is 26.2 Å². The summed E-state index contributed by atoms with van der Waals surface area (Å²) in [4.78, 5) is 40.9. The minimum atomic E-state index is -0.392. The highest BCUT2D eigenvalue weighted by atomic mass is 79.9. The molecule has 2 heterocycles. The van der Waals surface area contributed by atoms with Gasteiger partial charge in [0.25, 0.3) is 0 Å². The minimum Gasteiger partial charge on any atom is -0.408 e. The third kappa shape index (κ3) is 6.95. The number of esters is 1. The Morgan fingerprint density at radius 2 is 1.74 bits per heavy atom. The quantitative estimate of drug-likeness (QED) is 0.169. The molecule has 0 aliphatic carbocycles. The lowest BCUT2D eigenvalue weighted by atomic mass is 10.1. The molecule has 192 valence electrons. The number of fused-ring (bicyclic) bond motifs is 2. The monoisotopic (exact) mass is 573 g/mol. The lowest BCUT2D eigenvalue weighted by Gasteiger charge is -2.10. The molecular weight excluding hydrogens is 550 g/mol. The van der Waals surface area contributed by atoms with E-state index >= 15 is 0 Å². The summed E-state index contributed by atoms with van der Waals surface area (Å²) in [6.07, 6.45) is 3.26. The molecule has 0 saturated carbocycles. The number of benzene rings is 3.